The highest BCUT2D eigenvalue weighted by Crippen LogP contribution is 2.34. The van der Waals surface area contributed by atoms with E-state index in [0.717, 1.165) is 3.70 Å². The Kier molecular flexibility index (Phi) is 2.82. The summed E-state index contributed by atoms with van der Waals surface area (Å²) in [6, 6.07) is 0. The van der Waals surface area contributed by atoms with Crippen LogP contribution in [0, 0.1) is 3.70 Å². The van der Waals surface area contributed by atoms with Crippen LogP contribution in [-0.4, -0.2) is 4.98 Å². The highest BCUT2D eigenvalue weighted by atomic mass is 127. The fourth-order valence-electron chi connectivity index (χ4n) is 0.740. The van der Waals surface area contributed by atoms with E-state index in [1.54, 1.807) is 11.3 Å². The molecule has 0 aliphatic heterocycles. The van der Waals surface area contributed by atoms with Gasteiger partial charge < -0.3 is 0 Å². The summed E-state index contributed by atoms with van der Waals surface area (Å²) >= 11 is 9.56. The summed E-state index contributed by atoms with van der Waals surface area (Å²) in [6.45, 7) is 6.50. The Morgan fingerprint density at radius 2 is 2.00 bits per heavy atom. The standard InChI is InChI=1S/C7H9ClINS/c1-7(2,3)4-5(9)10-6(8)11-4/h1-3H3. The van der Waals surface area contributed by atoms with Crippen LogP contribution in [0.15, 0.2) is 0 Å². The summed E-state index contributed by atoms with van der Waals surface area (Å²) in [5, 5.41) is 0. The molecule has 0 aliphatic carbocycles. The largest absolute Gasteiger partial charge is 0.219 e. The molecule has 62 valence electrons. The van der Waals surface area contributed by atoms with Gasteiger partial charge >= 0.3 is 0 Å². The zero-order valence-corrected chi connectivity index (χ0v) is 10.3. The molecule has 4 heteroatoms. The van der Waals surface area contributed by atoms with Crippen molar-refractivity contribution in [1.82, 2.24) is 4.98 Å². The van der Waals surface area contributed by atoms with Crippen molar-refractivity contribution in [2.24, 2.45) is 0 Å². The minimum absolute atomic E-state index is 0.168. The third-order valence-corrected chi connectivity index (χ3v) is 3.97. The van der Waals surface area contributed by atoms with Gasteiger partial charge in [0.25, 0.3) is 0 Å². The molecule has 0 unspecified atom stereocenters. The average Bonchev–Trinajstić information content (AvgIpc) is 2.08. The summed E-state index contributed by atoms with van der Waals surface area (Å²) in [7, 11) is 0. The predicted octanol–water partition coefficient (Wildman–Crippen LogP) is 3.70. The summed E-state index contributed by atoms with van der Waals surface area (Å²) in [6.07, 6.45) is 0. The van der Waals surface area contributed by atoms with Gasteiger partial charge in [0.15, 0.2) is 4.47 Å². The van der Waals surface area contributed by atoms with Crippen LogP contribution in [0.25, 0.3) is 0 Å². The van der Waals surface area contributed by atoms with Crippen molar-refractivity contribution in [3.63, 3.8) is 0 Å². The summed E-state index contributed by atoms with van der Waals surface area (Å²) < 4.78 is 1.67. The molecular weight excluding hydrogens is 293 g/mol. The Hall–Kier alpha value is 0.650. The van der Waals surface area contributed by atoms with E-state index < -0.39 is 0 Å². The zero-order valence-electron chi connectivity index (χ0n) is 6.61. The number of rotatable bonds is 0. The van der Waals surface area contributed by atoms with Crippen LogP contribution in [-0.2, 0) is 5.41 Å². The summed E-state index contributed by atoms with van der Waals surface area (Å²) in [5.41, 5.74) is 0.168. The van der Waals surface area contributed by atoms with Crippen LogP contribution in [0.1, 0.15) is 25.6 Å². The number of hydrogen-bond donors (Lipinski definition) is 0. The summed E-state index contributed by atoms with van der Waals surface area (Å²) in [5.74, 6) is 0. The van der Waals surface area contributed by atoms with Gasteiger partial charge in [-0.15, -0.1) is 11.3 Å². The van der Waals surface area contributed by atoms with Crippen molar-refractivity contribution in [3.8, 4) is 0 Å². The Morgan fingerprint density at radius 1 is 1.45 bits per heavy atom. The van der Waals surface area contributed by atoms with Gasteiger partial charge in [-0.1, -0.05) is 32.4 Å². The molecule has 1 rings (SSSR count). The molecule has 1 nitrogen and oxygen atoms in total. The second-order valence-electron chi connectivity index (χ2n) is 3.34. The van der Waals surface area contributed by atoms with Gasteiger partial charge in [-0.2, -0.15) is 0 Å². The maximum Gasteiger partial charge on any atom is 0.184 e. The van der Waals surface area contributed by atoms with Gasteiger partial charge in [-0.25, -0.2) is 4.98 Å². The van der Waals surface area contributed by atoms with Gasteiger partial charge in [0.1, 0.15) is 3.70 Å². The number of nitrogens with zero attached hydrogens (tertiary/aromatic N) is 1. The highest BCUT2D eigenvalue weighted by molar-refractivity contribution is 14.1. The molecule has 0 saturated heterocycles. The molecular formula is C7H9ClINS. The molecule has 0 radical (unpaired) electrons. The van der Waals surface area contributed by atoms with Crippen molar-refractivity contribution in [3.05, 3.63) is 13.0 Å². The SMILES string of the molecule is CC(C)(C)c1sc(Cl)nc1I. The molecule has 0 N–H and O–H groups in total. The van der Waals surface area contributed by atoms with E-state index in [0.29, 0.717) is 4.47 Å². The van der Waals surface area contributed by atoms with Crippen molar-refractivity contribution >= 4 is 45.5 Å². The molecule has 0 aromatic carbocycles. The third kappa shape index (κ3) is 2.29. The molecule has 1 heterocycles. The molecule has 0 saturated carbocycles. The van der Waals surface area contributed by atoms with E-state index in [4.69, 9.17) is 11.6 Å². The lowest BCUT2D eigenvalue weighted by molar-refractivity contribution is 0.599. The zero-order chi connectivity index (χ0) is 8.65. The normalized spacial score (nSPS) is 12.1. The van der Waals surface area contributed by atoms with Gasteiger partial charge in [-0.3, -0.25) is 0 Å². The van der Waals surface area contributed by atoms with Crippen LogP contribution in [0.3, 0.4) is 0 Å². The lowest BCUT2D eigenvalue weighted by atomic mass is 9.96. The first-order valence-corrected chi connectivity index (χ1v) is 5.51. The molecule has 0 spiro atoms. The van der Waals surface area contributed by atoms with Crippen molar-refractivity contribution < 1.29 is 0 Å². The molecule has 0 aliphatic rings. The number of thiazole rings is 1. The third-order valence-electron chi connectivity index (χ3n) is 1.24. The van der Waals surface area contributed by atoms with Crippen molar-refractivity contribution in [2.45, 2.75) is 26.2 Å². The maximum absolute atomic E-state index is 5.77. The fourth-order valence-corrected chi connectivity index (χ4v) is 3.48. The van der Waals surface area contributed by atoms with E-state index in [-0.39, 0.29) is 5.41 Å². The van der Waals surface area contributed by atoms with E-state index in [1.165, 1.54) is 4.88 Å². The first-order chi connectivity index (χ1) is 4.91. The fraction of sp³-hybridized carbons (Fsp3) is 0.571. The minimum atomic E-state index is 0.168. The summed E-state index contributed by atoms with van der Waals surface area (Å²) in [4.78, 5) is 5.41. The molecule has 0 atom stereocenters. The smallest absolute Gasteiger partial charge is 0.184 e. The number of aromatic nitrogens is 1. The Balaban J connectivity index is 3.13. The molecule has 11 heavy (non-hydrogen) atoms. The molecule has 0 bridgehead atoms. The lowest BCUT2D eigenvalue weighted by Gasteiger charge is -2.15. The van der Waals surface area contributed by atoms with Crippen LogP contribution >= 0.6 is 45.5 Å². The maximum atomic E-state index is 5.77. The second kappa shape index (κ2) is 3.18. The molecule has 1 aromatic rings. The van der Waals surface area contributed by atoms with Gasteiger partial charge in [0.2, 0.25) is 0 Å². The van der Waals surface area contributed by atoms with Crippen molar-refractivity contribution in [1.29, 1.82) is 0 Å². The average molecular weight is 302 g/mol. The van der Waals surface area contributed by atoms with Crippen LogP contribution < -0.4 is 0 Å². The predicted molar refractivity (Wildman–Crippen MR) is 58.5 cm³/mol. The van der Waals surface area contributed by atoms with E-state index in [2.05, 4.69) is 48.3 Å². The Bertz CT molecular complexity index is 264. The van der Waals surface area contributed by atoms with Crippen LogP contribution in [0.2, 0.25) is 4.47 Å². The van der Waals surface area contributed by atoms with Crippen LogP contribution in [0.5, 0.6) is 0 Å². The van der Waals surface area contributed by atoms with E-state index in [1.807, 2.05) is 0 Å². The molecule has 0 amide bonds. The minimum Gasteiger partial charge on any atom is -0.219 e. The first kappa shape index (κ1) is 9.74. The topological polar surface area (TPSA) is 12.9 Å². The Labute approximate surface area is 89.3 Å². The molecule has 0 fully saturated rings. The van der Waals surface area contributed by atoms with E-state index in [9.17, 15) is 0 Å². The Morgan fingerprint density at radius 3 is 2.18 bits per heavy atom. The van der Waals surface area contributed by atoms with Gasteiger partial charge in [0.05, 0.1) is 0 Å². The van der Waals surface area contributed by atoms with Gasteiger partial charge in [-0.05, 0) is 28.0 Å². The van der Waals surface area contributed by atoms with Crippen molar-refractivity contribution in [2.75, 3.05) is 0 Å². The number of hydrogen-bond acceptors (Lipinski definition) is 2. The second-order valence-corrected chi connectivity index (χ2v) is 5.94. The quantitative estimate of drug-likeness (QED) is 0.666. The van der Waals surface area contributed by atoms with E-state index >= 15 is 0 Å². The van der Waals surface area contributed by atoms with Gasteiger partial charge in [0, 0.05) is 4.88 Å². The highest BCUT2D eigenvalue weighted by Gasteiger charge is 2.20. The number of halogens is 2. The van der Waals surface area contributed by atoms with Crippen LogP contribution in [0.4, 0.5) is 0 Å². The lowest BCUT2D eigenvalue weighted by Crippen LogP contribution is -2.10. The first-order valence-electron chi connectivity index (χ1n) is 3.23. The molecule has 1 aromatic heterocycles. The monoisotopic (exact) mass is 301 g/mol.